The summed E-state index contributed by atoms with van der Waals surface area (Å²) in [5.74, 6) is 0.331. The Morgan fingerprint density at radius 3 is 2.32 bits per heavy atom. The number of rotatable bonds is 7. The number of hydrogen-bond acceptors (Lipinski definition) is 4. The molecule has 2 aromatic carbocycles. The van der Waals surface area contributed by atoms with Gasteiger partial charge in [0.05, 0.1) is 22.2 Å². The number of carbonyl (C=O) groups excluding carboxylic acids is 1. The first-order valence-electron chi connectivity index (χ1n) is 10.4. The van der Waals surface area contributed by atoms with Crippen molar-refractivity contribution in [2.45, 2.75) is 50.0 Å². The third-order valence-electron chi connectivity index (χ3n) is 5.83. The Morgan fingerprint density at radius 1 is 1.10 bits per heavy atom. The van der Waals surface area contributed by atoms with Crippen molar-refractivity contribution in [2.75, 3.05) is 25.0 Å². The van der Waals surface area contributed by atoms with Gasteiger partial charge in [-0.05, 0) is 66.0 Å². The molecule has 1 aliphatic rings. The number of hydrogen-bond donors (Lipinski definition) is 0. The summed E-state index contributed by atoms with van der Waals surface area (Å²) in [7, 11) is -0.673. The number of amides is 1. The van der Waals surface area contributed by atoms with Gasteiger partial charge in [0.2, 0.25) is 5.91 Å². The van der Waals surface area contributed by atoms with Crippen LogP contribution in [0.2, 0.25) is 0 Å². The van der Waals surface area contributed by atoms with E-state index in [4.69, 9.17) is 4.74 Å². The Morgan fingerprint density at radius 2 is 1.74 bits per heavy atom. The molecule has 0 atom stereocenters. The molecule has 3 rings (SSSR count). The minimum absolute atomic E-state index is 0.0915. The molecule has 8 heteroatoms. The van der Waals surface area contributed by atoms with E-state index in [1.54, 1.807) is 30.1 Å². The summed E-state index contributed by atoms with van der Waals surface area (Å²) >= 11 is 3.36. The summed E-state index contributed by atoms with van der Waals surface area (Å²) in [5, 5.41) is 0. The third-order valence-corrected chi connectivity index (χ3v) is 8.22. The number of benzene rings is 2. The van der Waals surface area contributed by atoms with E-state index in [1.807, 2.05) is 19.1 Å². The Balaban J connectivity index is 1.95. The molecule has 0 bridgehead atoms. The van der Waals surface area contributed by atoms with Gasteiger partial charge >= 0.3 is 0 Å². The largest absolute Gasteiger partial charge is 0.496 e. The standard InChI is InChI=1S/C23H29BrN2O4S/c1-17-9-11-19(12-10-17)26(16-23(27)25(2)18-7-5-4-6-8-18)31(28,29)20-13-14-22(30-3)21(24)15-20/h9-15,18H,4-8,16H2,1-3H3. The highest BCUT2D eigenvalue weighted by molar-refractivity contribution is 9.10. The summed E-state index contributed by atoms with van der Waals surface area (Å²) in [6, 6.07) is 11.9. The molecule has 1 aliphatic carbocycles. The molecule has 6 nitrogen and oxygen atoms in total. The fraction of sp³-hybridized carbons (Fsp3) is 0.435. The Hall–Kier alpha value is -2.06. The van der Waals surface area contributed by atoms with Crippen molar-refractivity contribution in [1.29, 1.82) is 0 Å². The number of anilines is 1. The number of ether oxygens (including phenoxy) is 1. The molecule has 0 saturated heterocycles. The van der Waals surface area contributed by atoms with Crippen LogP contribution < -0.4 is 9.04 Å². The number of halogens is 1. The molecule has 0 unspecified atom stereocenters. The molecule has 0 radical (unpaired) electrons. The van der Waals surface area contributed by atoms with Gasteiger partial charge in [0, 0.05) is 13.1 Å². The van der Waals surface area contributed by atoms with Gasteiger partial charge in [-0.25, -0.2) is 8.42 Å². The number of carbonyl (C=O) groups is 1. The normalized spacial score (nSPS) is 14.8. The second kappa shape index (κ2) is 10.0. The van der Waals surface area contributed by atoms with Crippen LogP contribution in [0, 0.1) is 6.92 Å². The first kappa shape index (κ1) is 23.6. The van der Waals surface area contributed by atoms with E-state index in [0.717, 1.165) is 31.2 Å². The van der Waals surface area contributed by atoms with Crippen molar-refractivity contribution in [3.8, 4) is 5.75 Å². The van der Waals surface area contributed by atoms with Crippen molar-refractivity contribution in [1.82, 2.24) is 4.90 Å². The fourth-order valence-corrected chi connectivity index (χ4v) is 6.00. The molecule has 0 heterocycles. The predicted octanol–water partition coefficient (Wildman–Crippen LogP) is 4.75. The van der Waals surface area contributed by atoms with Crippen LogP contribution in [0.5, 0.6) is 5.75 Å². The van der Waals surface area contributed by atoms with Crippen LogP contribution in [0.1, 0.15) is 37.7 Å². The molecule has 1 fully saturated rings. The van der Waals surface area contributed by atoms with Gasteiger partial charge in [0.15, 0.2) is 0 Å². The van der Waals surface area contributed by atoms with E-state index in [2.05, 4.69) is 15.9 Å². The highest BCUT2D eigenvalue weighted by atomic mass is 79.9. The van der Waals surface area contributed by atoms with Crippen LogP contribution >= 0.6 is 15.9 Å². The number of likely N-dealkylation sites (N-methyl/N-ethyl adjacent to an activating group) is 1. The summed E-state index contributed by atoms with van der Waals surface area (Å²) in [6.07, 6.45) is 5.31. The highest BCUT2D eigenvalue weighted by Gasteiger charge is 2.31. The third kappa shape index (κ3) is 5.41. The molecular formula is C23H29BrN2O4S. The lowest BCUT2D eigenvalue weighted by Gasteiger charge is -2.33. The van der Waals surface area contributed by atoms with E-state index >= 15 is 0 Å². The first-order valence-corrected chi connectivity index (χ1v) is 12.7. The summed E-state index contributed by atoms with van der Waals surface area (Å²) in [5.41, 5.74) is 1.47. The van der Waals surface area contributed by atoms with Gasteiger partial charge in [-0.15, -0.1) is 0 Å². The van der Waals surface area contributed by atoms with Gasteiger partial charge in [-0.1, -0.05) is 37.0 Å². The molecule has 2 aromatic rings. The van der Waals surface area contributed by atoms with E-state index in [1.165, 1.54) is 30.0 Å². The van der Waals surface area contributed by atoms with Crippen LogP contribution in [0.3, 0.4) is 0 Å². The van der Waals surface area contributed by atoms with Crippen LogP contribution in [-0.4, -0.2) is 46.0 Å². The fourth-order valence-electron chi connectivity index (χ4n) is 3.87. The zero-order valence-electron chi connectivity index (χ0n) is 18.2. The minimum atomic E-state index is -3.97. The molecule has 168 valence electrons. The van der Waals surface area contributed by atoms with Crippen LogP contribution in [-0.2, 0) is 14.8 Å². The zero-order chi connectivity index (χ0) is 22.6. The van der Waals surface area contributed by atoms with E-state index in [-0.39, 0.29) is 23.4 Å². The zero-order valence-corrected chi connectivity index (χ0v) is 20.6. The highest BCUT2D eigenvalue weighted by Crippen LogP contribution is 2.31. The SMILES string of the molecule is COc1ccc(S(=O)(=O)N(CC(=O)N(C)C2CCCCC2)c2ccc(C)cc2)cc1Br. The second-order valence-corrected chi connectivity index (χ2v) is 10.7. The predicted molar refractivity (Wildman–Crippen MR) is 126 cm³/mol. The average molecular weight is 509 g/mol. The number of methoxy groups -OCH3 is 1. The molecular weight excluding hydrogens is 480 g/mol. The summed E-state index contributed by atoms with van der Waals surface area (Å²) < 4.78 is 34.1. The number of sulfonamides is 1. The summed E-state index contributed by atoms with van der Waals surface area (Å²) in [4.78, 5) is 14.9. The van der Waals surface area contributed by atoms with Crippen molar-refractivity contribution >= 4 is 37.5 Å². The van der Waals surface area contributed by atoms with Crippen molar-refractivity contribution in [2.24, 2.45) is 0 Å². The molecule has 1 saturated carbocycles. The van der Waals surface area contributed by atoms with Crippen molar-refractivity contribution in [3.63, 3.8) is 0 Å². The topological polar surface area (TPSA) is 66.9 Å². The smallest absolute Gasteiger partial charge is 0.264 e. The van der Waals surface area contributed by atoms with Gasteiger partial charge in [0.1, 0.15) is 12.3 Å². The molecule has 0 aromatic heterocycles. The van der Waals surface area contributed by atoms with Crippen LogP contribution in [0.25, 0.3) is 0 Å². The molecule has 1 amide bonds. The Labute approximate surface area is 193 Å². The van der Waals surface area contributed by atoms with Gasteiger partial charge in [-0.2, -0.15) is 0 Å². The average Bonchev–Trinajstić information content (AvgIpc) is 2.78. The monoisotopic (exact) mass is 508 g/mol. The number of nitrogens with zero attached hydrogens (tertiary/aromatic N) is 2. The molecule has 0 aliphatic heterocycles. The van der Waals surface area contributed by atoms with Crippen molar-refractivity contribution in [3.05, 3.63) is 52.5 Å². The molecule has 31 heavy (non-hydrogen) atoms. The lowest BCUT2D eigenvalue weighted by Crippen LogP contribution is -2.45. The number of aryl methyl sites for hydroxylation is 1. The van der Waals surface area contributed by atoms with Gasteiger partial charge in [-0.3, -0.25) is 9.10 Å². The van der Waals surface area contributed by atoms with Gasteiger partial charge < -0.3 is 9.64 Å². The maximum Gasteiger partial charge on any atom is 0.264 e. The molecule has 0 N–H and O–H groups in total. The Kier molecular flexibility index (Phi) is 7.64. The van der Waals surface area contributed by atoms with Crippen LogP contribution in [0.15, 0.2) is 51.8 Å². The maximum absolute atomic E-state index is 13.6. The minimum Gasteiger partial charge on any atom is -0.496 e. The first-order chi connectivity index (χ1) is 14.7. The van der Waals surface area contributed by atoms with E-state index in [0.29, 0.717) is 15.9 Å². The maximum atomic E-state index is 13.6. The second-order valence-electron chi connectivity index (χ2n) is 7.94. The van der Waals surface area contributed by atoms with E-state index < -0.39 is 10.0 Å². The lowest BCUT2D eigenvalue weighted by atomic mass is 9.94. The summed E-state index contributed by atoms with van der Waals surface area (Å²) in [6.45, 7) is 1.69. The van der Waals surface area contributed by atoms with Gasteiger partial charge in [0.25, 0.3) is 10.0 Å². The quantitative estimate of drug-likeness (QED) is 0.540. The van der Waals surface area contributed by atoms with Crippen LogP contribution in [0.4, 0.5) is 5.69 Å². The molecule has 0 spiro atoms. The lowest BCUT2D eigenvalue weighted by molar-refractivity contribution is -0.130. The Bertz CT molecular complexity index is 1020. The van der Waals surface area contributed by atoms with Crippen molar-refractivity contribution < 1.29 is 17.9 Å². The van der Waals surface area contributed by atoms with E-state index in [9.17, 15) is 13.2 Å².